The highest BCUT2D eigenvalue weighted by Crippen LogP contribution is 2.21. The minimum Gasteiger partial charge on any atom is -0.374 e. The van der Waals surface area contributed by atoms with Crippen LogP contribution in [0.1, 0.15) is 27.2 Å². The van der Waals surface area contributed by atoms with Crippen LogP contribution in [0.25, 0.3) is 0 Å². The second kappa shape index (κ2) is 3.93. The number of hydrogen-bond donors (Lipinski definition) is 0. The highest BCUT2D eigenvalue weighted by molar-refractivity contribution is 4.85. The van der Waals surface area contributed by atoms with Crippen molar-refractivity contribution in [3.63, 3.8) is 0 Å². The number of halogens is 1. The van der Waals surface area contributed by atoms with Crippen LogP contribution in [0.3, 0.4) is 0 Å². The summed E-state index contributed by atoms with van der Waals surface area (Å²) in [6, 6.07) is -0.0424. The third kappa shape index (κ3) is 3.24. The molecule has 0 saturated carbocycles. The molecule has 1 aliphatic heterocycles. The van der Waals surface area contributed by atoms with E-state index in [1.54, 1.807) is 0 Å². The van der Waals surface area contributed by atoms with E-state index in [1.165, 1.54) is 0 Å². The first kappa shape index (κ1) is 10.9. The van der Waals surface area contributed by atoms with E-state index in [2.05, 4.69) is 0 Å². The summed E-state index contributed by atoms with van der Waals surface area (Å²) in [5.74, 6) is 0. The van der Waals surface area contributed by atoms with Gasteiger partial charge in [-0.3, -0.25) is 4.90 Å². The summed E-state index contributed by atoms with van der Waals surface area (Å²) in [6.07, 6.45) is -0.0679. The molecule has 1 fully saturated rings. The van der Waals surface area contributed by atoms with Gasteiger partial charge in [0.1, 0.15) is 6.17 Å². The summed E-state index contributed by atoms with van der Waals surface area (Å²) in [5.41, 5.74) is -0.164. The van der Waals surface area contributed by atoms with Gasteiger partial charge in [0.05, 0.1) is 18.2 Å². The zero-order valence-corrected chi connectivity index (χ0v) is 9.01. The largest absolute Gasteiger partial charge is 0.374 e. The summed E-state index contributed by atoms with van der Waals surface area (Å²) < 4.78 is 18.9. The number of nitrogens with zero attached hydrogens (tertiary/aromatic N) is 1. The topological polar surface area (TPSA) is 12.5 Å². The zero-order valence-electron chi connectivity index (χ0n) is 9.01. The van der Waals surface area contributed by atoms with Crippen molar-refractivity contribution in [2.75, 3.05) is 20.2 Å². The van der Waals surface area contributed by atoms with Gasteiger partial charge in [-0.15, -0.1) is 0 Å². The Kier molecular flexibility index (Phi) is 3.30. The van der Waals surface area contributed by atoms with Crippen molar-refractivity contribution >= 4 is 0 Å². The molecule has 0 N–H and O–H groups in total. The van der Waals surface area contributed by atoms with E-state index in [4.69, 9.17) is 4.74 Å². The highest BCUT2D eigenvalue weighted by Gasteiger charge is 2.32. The van der Waals surface area contributed by atoms with E-state index in [0.29, 0.717) is 13.0 Å². The Morgan fingerprint density at radius 3 is 2.46 bits per heavy atom. The molecule has 78 valence electrons. The number of rotatable bonds is 2. The monoisotopic (exact) mass is 189 g/mol. The quantitative estimate of drug-likeness (QED) is 0.657. The Balaban J connectivity index is 2.35. The van der Waals surface area contributed by atoms with Gasteiger partial charge in [0, 0.05) is 6.54 Å². The van der Waals surface area contributed by atoms with E-state index in [1.807, 2.05) is 32.7 Å². The third-order valence-corrected chi connectivity index (χ3v) is 2.43. The lowest BCUT2D eigenvalue weighted by molar-refractivity contribution is -0.0341. The predicted molar refractivity (Wildman–Crippen MR) is 51.6 cm³/mol. The van der Waals surface area contributed by atoms with Crippen LogP contribution in [0.4, 0.5) is 4.39 Å². The minimum atomic E-state index is -0.715. The summed E-state index contributed by atoms with van der Waals surface area (Å²) in [5, 5.41) is 0. The van der Waals surface area contributed by atoms with Crippen molar-refractivity contribution < 1.29 is 9.13 Å². The molecule has 2 atom stereocenters. The number of alkyl halides is 1. The van der Waals surface area contributed by atoms with Crippen molar-refractivity contribution in [2.24, 2.45) is 0 Å². The number of likely N-dealkylation sites (tertiary alicyclic amines) is 1. The lowest BCUT2D eigenvalue weighted by Gasteiger charge is -2.26. The molecule has 0 amide bonds. The van der Waals surface area contributed by atoms with E-state index >= 15 is 0 Å². The van der Waals surface area contributed by atoms with Gasteiger partial charge in [-0.2, -0.15) is 0 Å². The van der Waals surface area contributed by atoms with Crippen LogP contribution in [0.2, 0.25) is 0 Å². The normalized spacial score (nSPS) is 31.2. The first-order chi connectivity index (χ1) is 5.90. The fourth-order valence-corrected chi connectivity index (χ4v) is 1.53. The molecular weight excluding hydrogens is 169 g/mol. The van der Waals surface area contributed by atoms with Crippen LogP contribution >= 0.6 is 0 Å². The lowest BCUT2D eigenvalue weighted by Crippen LogP contribution is -2.37. The third-order valence-electron chi connectivity index (χ3n) is 2.43. The molecule has 2 nitrogen and oxygen atoms in total. The predicted octanol–water partition coefficient (Wildman–Crippen LogP) is 1.84. The first-order valence-corrected chi connectivity index (χ1v) is 4.88. The smallest absolute Gasteiger partial charge is 0.119 e. The molecule has 0 aromatic carbocycles. The van der Waals surface area contributed by atoms with Gasteiger partial charge < -0.3 is 4.74 Å². The second-order valence-corrected chi connectivity index (χ2v) is 4.78. The number of hydrogen-bond acceptors (Lipinski definition) is 2. The molecule has 1 heterocycles. The zero-order chi connectivity index (χ0) is 10.1. The van der Waals surface area contributed by atoms with Crippen molar-refractivity contribution in [1.29, 1.82) is 0 Å². The Hall–Kier alpha value is -0.150. The van der Waals surface area contributed by atoms with Gasteiger partial charge in [-0.25, -0.2) is 4.39 Å². The Bertz CT molecular complexity index is 157. The standard InChI is InChI=1S/C10H20FNO/c1-10(2,3)13-7-9-8(11)5-6-12(9)4/h8-9H,5-7H2,1-4H3. The first-order valence-electron chi connectivity index (χ1n) is 4.88. The van der Waals surface area contributed by atoms with Crippen molar-refractivity contribution in [2.45, 2.75) is 45.0 Å². The van der Waals surface area contributed by atoms with E-state index in [9.17, 15) is 4.39 Å². The maximum absolute atomic E-state index is 13.3. The average molecular weight is 189 g/mol. The molecule has 2 unspecified atom stereocenters. The number of likely N-dealkylation sites (N-methyl/N-ethyl adjacent to an activating group) is 1. The van der Waals surface area contributed by atoms with Gasteiger partial charge in [-0.1, -0.05) is 0 Å². The van der Waals surface area contributed by atoms with Gasteiger partial charge in [0.2, 0.25) is 0 Å². The molecule has 3 heteroatoms. The summed E-state index contributed by atoms with van der Waals surface area (Å²) in [6.45, 7) is 7.33. The SMILES string of the molecule is CN1CCC(F)C1COC(C)(C)C. The Labute approximate surface area is 80.1 Å². The van der Waals surface area contributed by atoms with Gasteiger partial charge in [-0.05, 0) is 34.2 Å². The maximum atomic E-state index is 13.3. The van der Waals surface area contributed by atoms with Crippen LogP contribution < -0.4 is 0 Å². The van der Waals surface area contributed by atoms with Crippen LogP contribution in [-0.4, -0.2) is 42.9 Å². The molecule has 1 aliphatic rings. The highest BCUT2D eigenvalue weighted by atomic mass is 19.1. The van der Waals surface area contributed by atoms with Crippen LogP contribution in [0.15, 0.2) is 0 Å². The molecule has 0 aliphatic carbocycles. The maximum Gasteiger partial charge on any atom is 0.119 e. The van der Waals surface area contributed by atoms with Gasteiger partial charge >= 0.3 is 0 Å². The second-order valence-electron chi connectivity index (χ2n) is 4.78. The molecule has 0 spiro atoms. The van der Waals surface area contributed by atoms with Crippen LogP contribution in [-0.2, 0) is 4.74 Å². The summed E-state index contributed by atoms with van der Waals surface area (Å²) in [4.78, 5) is 2.04. The molecule has 1 saturated heterocycles. The van der Waals surface area contributed by atoms with Crippen LogP contribution in [0.5, 0.6) is 0 Å². The van der Waals surface area contributed by atoms with Gasteiger partial charge in [0.15, 0.2) is 0 Å². The molecule has 0 radical (unpaired) electrons. The fourth-order valence-electron chi connectivity index (χ4n) is 1.53. The average Bonchev–Trinajstić information content (AvgIpc) is 2.27. The summed E-state index contributed by atoms with van der Waals surface area (Å²) in [7, 11) is 1.95. The Morgan fingerprint density at radius 2 is 2.08 bits per heavy atom. The van der Waals surface area contributed by atoms with Crippen molar-refractivity contribution in [3.8, 4) is 0 Å². The lowest BCUT2D eigenvalue weighted by atomic mass is 10.1. The molecular formula is C10H20FNO. The van der Waals surface area contributed by atoms with E-state index in [-0.39, 0.29) is 11.6 Å². The summed E-state index contributed by atoms with van der Waals surface area (Å²) >= 11 is 0. The van der Waals surface area contributed by atoms with Crippen LogP contribution in [0, 0.1) is 0 Å². The molecule has 1 rings (SSSR count). The molecule has 13 heavy (non-hydrogen) atoms. The van der Waals surface area contributed by atoms with Crippen molar-refractivity contribution in [1.82, 2.24) is 4.90 Å². The Morgan fingerprint density at radius 1 is 1.46 bits per heavy atom. The van der Waals surface area contributed by atoms with Crippen molar-refractivity contribution in [3.05, 3.63) is 0 Å². The van der Waals surface area contributed by atoms with E-state index in [0.717, 1.165) is 6.54 Å². The number of ether oxygens (including phenoxy) is 1. The van der Waals surface area contributed by atoms with E-state index < -0.39 is 6.17 Å². The fraction of sp³-hybridized carbons (Fsp3) is 1.00. The molecule has 0 aromatic rings. The minimum absolute atomic E-state index is 0.0424. The molecule has 0 aromatic heterocycles. The van der Waals surface area contributed by atoms with Gasteiger partial charge in [0.25, 0.3) is 0 Å². The molecule has 0 bridgehead atoms.